The van der Waals surface area contributed by atoms with Gasteiger partial charge < -0.3 is 84.3 Å². The van der Waals surface area contributed by atoms with Crippen molar-refractivity contribution >= 4 is 65.4 Å². The fourth-order valence-electron chi connectivity index (χ4n) is 9.99. The number of likely N-dealkylation sites (tertiary alicyclic amines) is 1. The van der Waals surface area contributed by atoms with E-state index in [0.717, 1.165) is 31.6 Å². The molecule has 0 spiro atoms. The summed E-state index contributed by atoms with van der Waals surface area (Å²) in [6.45, 7) is 7.79. The molecule has 2 fully saturated rings. The van der Waals surface area contributed by atoms with E-state index in [1.54, 1.807) is 40.3 Å². The number of halogens is 1. The SMILES string of the molecule is CN(CCCOc1ccc2nccc(C(=O)NCC(=O)N3CCC[C@H]3C#N)c2c1)CCOCCNC(=O)CCOCCOCCOCCOCCNC(=O)[C@H](CCCCNC(=O)c1ccc(F)nc1)NC(=O)CN1CCN(COC=O)CCN(COC=O)CCN(C(=O)O)CC1. The van der Waals surface area contributed by atoms with Gasteiger partial charge in [-0.3, -0.25) is 58.0 Å². The topological polar surface area (TPSA) is 377 Å². The monoisotopic (exact) mass is 1350 g/mol. The second-order valence-electron chi connectivity index (χ2n) is 22.4. The fourth-order valence-corrected chi connectivity index (χ4v) is 9.99. The summed E-state index contributed by atoms with van der Waals surface area (Å²) in [5, 5.41) is 33.7. The number of nitrogens with one attached hydrogen (secondary N) is 5. The fraction of sp³-hybridized carbons (Fsp3) is 0.619. The average molecular weight is 1350 g/mol. The molecule has 3 aromatic rings. The van der Waals surface area contributed by atoms with Crippen LogP contribution in [0, 0.1) is 17.3 Å². The number of likely N-dealkylation sites (N-methyl/N-ethyl adjacent to an activating group) is 1. The number of carbonyl (C=O) groups is 9. The van der Waals surface area contributed by atoms with Gasteiger partial charge in [0.25, 0.3) is 24.8 Å². The Bertz CT molecular complexity index is 2900. The van der Waals surface area contributed by atoms with Gasteiger partial charge in [-0.15, -0.1) is 0 Å². The van der Waals surface area contributed by atoms with E-state index in [1.165, 1.54) is 15.9 Å². The Morgan fingerprint density at radius 1 is 0.688 bits per heavy atom. The molecule has 2 saturated heterocycles. The van der Waals surface area contributed by atoms with Gasteiger partial charge in [0.15, 0.2) is 0 Å². The predicted octanol–water partition coefficient (Wildman–Crippen LogP) is -0.335. The number of nitrogens with zero attached hydrogens (tertiary/aromatic N) is 9. The van der Waals surface area contributed by atoms with Crippen LogP contribution in [-0.4, -0.2) is 309 Å². The average Bonchev–Trinajstić information content (AvgIpc) is 0.868. The van der Waals surface area contributed by atoms with Crippen LogP contribution in [0.4, 0.5) is 9.18 Å². The number of unbranched alkanes of at least 4 members (excludes halogenated alkanes) is 1. The maximum Gasteiger partial charge on any atom is 0.407 e. The number of hydrogen-bond donors (Lipinski definition) is 6. The zero-order chi connectivity index (χ0) is 69.0. The molecule has 0 aliphatic carbocycles. The first-order valence-electron chi connectivity index (χ1n) is 32.2. The summed E-state index contributed by atoms with van der Waals surface area (Å²) >= 11 is 0. The van der Waals surface area contributed by atoms with Crippen LogP contribution in [-0.2, 0) is 61.9 Å². The number of amides is 7. The van der Waals surface area contributed by atoms with E-state index >= 15 is 0 Å². The summed E-state index contributed by atoms with van der Waals surface area (Å²) in [5.74, 6) is -2.43. The molecule has 33 heteroatoms. The number of benzene rings is 1. The Hall–Kier alpha value is -8.33. The number of carbonyl (C=O) groups excluding carboxylic acids is 8. The lowest BCUT2D eigenvalue weighted by Gasteiger charge is -2.32. The highest BCUT2D eigenvalue weighted by atomic mass is 19.1. The lowest BCUT2D eigenvalue weighted by Crippen LogP contribution is -2.52. The maximum absolute atomic E-state index is 13.7. The van der Waals surface area contributed by atoms with Gasteiger partial charge in [-0.05, 0) is 82.0 Å². The van der Waals surface area contributed by atoms with Gasteiger partial charge in [0.1, 0.15) is 31.3 Å². The normalized spacial score (nSPS) is 15.3. The van der Waals surface area contributed by atoms with Crippen LogP contribution in [0.1, 0.15) is 65.7 Å². The van der Waals surface area contributed by atoms with Gasteiger partial charge in [0.05, 0.1) is 108 Å². The second kappa shape index (κ2) is 46.7. The highest BCUT2D eigenvalue weighted by Crippen LogP contribution is 2.23. The molecule has 0 saturated carbocycles. The van der Waals surface area contributed by atoms with E-state index in [-0.39, 0.29) is 136 Å². The van der Waals surface area contributed by atoms with Crippen LogP contribution in [0.2, 0.25) is 0 Å². The maximum atomic E-state index is 13.7. The summed E-state index contributed by atoms with van der Waals surface area (Å²) in [4.78, 5) is 130. The van der Waals surface area contributed by atoms with Gasteiger partial charge in [-0.1, -0.05) is 0 Å². The van der Waals surface area contributed by atoms with E-state index in [4.69, 9.17) is 37.9 Å². The van der Waals surface area contributed by atoms with Gasteiger partial charge in [-0.2, -0.15) is 9.65 Å². The minimum absolute atomic E-state index is 0.0346. The molecule has 0 bridgehead atoms. The van der Waals surface area contributed by atoms with Crippen LogP contribution < -0.4 is 31.3 Å². The molecule has 96 heavy (non-hydrogen) atoms. The number of carboxylic acid groups (broad SMARTS) is 1. The smallest absolute Gasteiger partial charge is 0.407 e. The molecule has 7 amide bonds. The summed E-state index contributed by atoms with van der Waals surface area (Å²) in [5.41, 5.74) is 1.16. The van der Waals surface area contributed by atoms with Crippen molar-refractivity contribution in [3.8, 4) is 11.8 Å². The molecule has 5 rings (SSSR count). The summed E-state index contributed by atoms with van der Waals surface area (Å²) in [6.07, 6.45) is 4.84. The Labute approximate surface area is 558 Å². The molecular weight excluding hydrogens is 1260 g/mol. The van der Waals surface area contributed by atoms with Gasteiger partial charge in [-0.25, -0.2) is 9.78 Å². The van der Waals surface area contributed by atoms with Crippen LogP contribution >= 0.6 is 0 Å². The van der Waals surface area contributed by atoms with Gasteiger partial charge >= 0.3 is 6.09 Å². The van der Waals surface area contributed by atoms with Gasteiger partial charge in [0, 0.05) is 116 Å². The summed E-state index contributed by atoms with van der Waals surface area (Å²) in [6, 6.07) is 10.0. The Morgan fingerprint density at radius 2 is 1.33 bits per heavy atom. The van der Waals surface area contributed by atoms with Crippen molar-refractivity contribution in [2.75, 3.05) is 198 Å². The first-order valence-corrected chi connectivity index (χ1v) is 32.2. The van der Waals surface area contributed by atoms with Crippen molar-refractivity contribution in [2.45, 2.75) is 57.0 Å². The molecule has 2 aliphatic heterocycles. The van der Waals surface area contributed by atoms with Crippen LogP contribution in [0.5, 0.6) is 5.75 Å². The highest BCUT2D eigenvalue weighted by molar-refractivity contribution is 6.07. The van der Waals surface area contributed by atoms with Crippen molar-refractivity contribution in [1.82, 2.24) is 66.0 Å². The molecule has 2 aliphatic rings. The minimum Gasteiger partial charge on any atom is -0.494 e. The van der Waals surface area contributed by atoms with E-state index < -0.39 is 47.8 Å². The van der Waals surface area contributed by atoms with E-state index in [0.29, 0.717) is 133 Å². The summed E-state index contributed by atoms with van der Waals surface area (Å²) < 4.78 is 57.2. The van der Waals surface area contributed by atoms with E-state index in [1.807, 2.05) is 11.9 Å². The van der Waals surface area contributed by atoms with Crippen molar-refractivity contribution in [2.24, 2.45) is 0 Å². The zero-order valence-electron chi connectivity index (χ0n) is 54.7. The molecule has 0 radical (unpaired) electrons. The third kappa shape index (κ3) is 31.5. The van der Waals surface area contributed by atoms with Crippen LogP contribution in [0.3, 0.4) is 0 Å². The minimum atomic E-state index is -1.17. The van der Waals surface area contributed by atoms with Crippen molar-refractivity contribution < 1.29 is 90.5 Å². The second-order valence-corrected chi connectivity index (χ2v) is 22.4. The molecule has 32 nitrogen and oxygen atoms in total. The Kier molecular flexibility index (Phi) is 38.1. The van der Waals surface area contributed by atoms with Crippen molar-refractivity contribution in [3.05, 3.63) is 65.9 Å². The summed E-state index contributed by atoms with van der Waals surface area (Å²) in [7, 11) is 1.98. The number of ether oxygens (including phenoxy) is 8. The first kappa shape index (κ1) is 78.4. The zero-order valence-corrected chi connectivity index (χ0v) is 54.7. The highest BCUT2D eigenvalue weighted by Gasteiger charge is 2.29. The number of aromatic nitrogens is 2. The largest absolute Gasteiger partial charge is 0.494 e. The van der Waals surface area contributed by atoms with Crippen LogP contribution in [0.25, 0.3) is 10.9 Å². The lowest BCUT2D eigenvalue weighted by molar-refractivity contribution is -0.135. The van der Waals surface area contributed by atoms with Crippen molar-refractivity contribution in [3.63, 3.8) is 0 Å². The number of rotatable bonds is 45. The quantitative estimate of drug-likeness (QED) is 0.0240. The third-order valence-corrected chi connectivity index (χ3v) is 15.3. The molecule has 2 aromatic heterocycles. The van der Waals surface area contributed by atoms with Crippen molar-refractivity contribution in [1.29, 1.82) is 5.26 Å². The molecule has 4 heterocycles. The molecule has 2 atom stereocenters. The van der Waals surface area contributed by atoms with Gasteiger partial charge in [0.2, 0.25) is 29.6 Å². The number of nitriles is 1. The molecule has 6 N–H and O–H groups in total. The molecule has 0 unspecified atom stereocenters. The lowest BCUT2D eigenvalue weighted by atomic mass is 10.1. The van der Waals surface area contributed by atoms with Crippen LogP contribution in [0.15, 0.2) is 48.8 Å². The third-order valence-electron chi connectivity index (χ3n) is 15.3. The van der Waals surface area contributed by atoms with E-state index in [2.05, 4.69) is 47.5 Å². The molecular formula is C63H93FN14O18. The Morgan fingerprint density at radius 3 is 2.00 bits per heavy atom. The Balaban J connectivity index is 0.879. The molecule has 1 aromatic carbocycles. The number of hydrogen-bond acceptors (Lipinski definition) is 24. The van der Waals surface area contributed by atoms with E-state index in [9.17, 15) is 57.9 Å². The predicted molar refractivity (Wildman–Crippen MR) is 342 cm³/mol. The molecule has 530 valence electrons. The number of fused-ring (bicyclic) bond motifs is 1. The standard InChI is InChI=1S/C63H93FN14O18/c1-73(18-5-29-96-51-9-10-54-53(40-51)52(12-15-66-54)61(85)71-43-59(83)78-19-4-6-50(78)41-65)28-33-90-31-16-67-57(81)13-30-89-34-36-92-38-39-93-37-35-91-32-17-69-62(86)55(7-2-3-14-68-60(84)49-8-11-56(64)70-42-49)72-58(82)44-74-20-21-75(45-94-47-79)22-23-76(46-95-48-80)25-27-77(26-24-74)63(87)88/h8-12,15,40,42,47-48,50,55H,2-7,13-14,16-39,43-46H2,1H3,(H,67,81)(H,68,84)(H,69,86)(H,71,85)(H,72,82)(H,87,88)/t50-,55-/m0/s1. The number of pyridine rings is 2. The first-order chi connectivity index (χ1) is 46.7.